The zero-order valence-corrected chi connectivity index (χ0v) is 22.1. The molecule has 0 unspecified atom stereocenters. The number of H-pyrrole nitrogens is 1. The molecular weight excluding hydrogens is 477 g/mol. The number of hydrogen-bond donors (Lipinski definition) is 2. The molecule has 6 rings (SSSR count). The van der Waals surface area contributed by atoms with Gasteiger partial charge < -0.3 is 15.0 Å². The van der Waals surface area contributed by atoms with Gasteiger partial charge in [-0.25, -0.2) is 4.39 Å². The molecule has 4 atom stereocenters. The highest BCUT2D eigenvalue weighted by molar-refractivity contribution is 5.97. The number of fused-ring (bicyclic) bond motifs is 5. The number of carbonyl (C=O) groups excluding carboxylic acids is 1. The molecule has 1 amide bonds. The first-order valence-electron chi connectivity index (χ1n) is 13.5. The lowest BCUT2D eigenvalue weighted by Gasteiger charge is -2.49. The number of para-hydroxylation sites is 1. The second-order valence-electron chi connectivity index (χ2n) is 11.0. The van der Waals surface area contributed by atoms with Gasteiger partial charge in [0.1, 0.15) is 5.82 Å². The van der Waals surface area contributed by atoms with E-state index >= 15 is 0 Å². The van der Waals surface area contributed by atoms with Crippen LogP contribution in [-0.4, -0.2) is 58.1 Å². The second-order valence-corrected chi connectivity index (χ2v) is 11.0. The molecule has 196 valence electrons. The lowest BCUT2D eigenvalue weighted by atomic mass is 9.79. The molecule has 0 radical (unpaired) electrons. The Morgan fingerprint density at radius 1 is 1.13 bits per heavy atom. The van der Waals surface area contributed by atoms with Crippen LogP contribution in [0.3, 0.4) is 0 Å². The smallest absolute Gasteiger partial charge is 0.256 e. The normalized spacial score (nSPS) is 22.1. The van der Waals surface area contributed by atoms with Crippen molar-refractivity contribution in [1.82, 2.24) is 14.8 Å². The number of amides is 1. The average molecular weight is 512 g/mol. The molecule has 0 aliphatic carbocycles. The van der Waals surface area contributed by atoms with Crippen LogP contribution in [0.25, 0.3) is 22.0 Å². The maximum atomic E-state index is 14.5. The van der Waals surface area contributed by atoms with Crippen LogP contribution in [0.15, 0.2) is 66.7 Å². The van der Waals surface area contributed by atoms with E-state index in [-0.39, 0.29) is 29.5 Å². The summed E-state index contributed by atoms with van der Waals surface area (Å²) in [6, 6.07) is 21.1. The summed E-state index contributed by atoms with van der Waals surface area (Å²) in [6.07, 6.45) is 1.02. The van der Waals surface area contributed by atoms with Gasteiger partial charge >= 0.3 is 0 Å². The van der Waals surface area contributed by atoms with Crippen molar-refractivity contribution in [2.24, 2.45) is 5.92 Å². The van der Waals surface area contributed by atoms with Gasteiger partial charge in [0.2, 0.25) is 0 Å². The minimum absolute atomic E-state index is 0.0690. The third-order valence-electron chi connectivity index (χ3n) is 8.67. The van der Waals surface area contributed by atoms with E-state index in [2.05, 4.69) is 59.3 Å². The molecule has 1 aromatic heterocycles. The summed E-state index contributed by atoms with van der Waals surface area (Å²) in [5.74, 6) is -0.989. The Hall–Kier alpha value is -3.48. The highest BCUT2D eigenvalue weighted by Gasteiger charge is 2.44. The Bertz CT molecular complexity index is 1510. The fourth-order valence-corrected chi connectivity index (χ4v) is 6.67. The molecule has 2 aliphatic heterocycles. The van der Waals surface area contributed by atoms with Crippen molar-refractivity contribution < 1.29 is 14.3 Å². The van der Waals surface area contributed by atoms with Crippen LogP contribution < -0.4 is 0 Å². The van der Waals surface area contributed by atoms with Crippen LogP contribution >= 0.6 is 0 Å². The molecule has 3 aromatic carbocycles. The van der Waals surface area contributed by atoms with Crippen molar-refractivity contribution in [3.05, 3.63) is 94.9 Å². The van der Waals surface area contributed by atoms with Gasteiger partial charge in [0, 0.05) is 48.7 Å². The van der Waals surface area contributed by atoms with Crippen LogP contribution in [-0.2, 0) is 6.42 Å². The minimum atomic E-state index is -0.589. The number of aliphatic hydroxyl groups is 1. The number of aliphatic hydroxyl groups excluding tert-OH is 1. The predicted octanol–water partition coefficient (Wildman–Crippen LogP) is 5.72. The Morgan fingerprint density at radius 2 is 1.92 bits per heavy atom. The maximum Gasteiger partial charge on any atom is 0.256 e. The summed E-state index contributed by atoms with van der Waals surface area (Å²) in [5, 5.41) is 12.0. The van der Waals surface area contributed by atoms with Crippen LogP contribution in [0.4, 0.5) is 4.39 Å². The van der Waals surface area contributed by atoms with Gasteiger partial charge in [-0.3, -0.25) is 9.69 Å². The van der Waals surface area contributed by atoms with E-state index in [9.17, 15) is 14.3 Å². The van der Waals surface area contributed by atoms with Gasteiger partial charge in [-0.05, 0) is 49.9 Å². The lowest BCUT2D eigenvalue weighted by Crippen LogP contribution is -2.56. The standard InChI is InChI=1S/C32H34FN3O2/c1-19-8-6-9-21(16-19)22-11-7-12-23-24-14-15-36-18-26(20(2)37)28(17-29(36)31(24)34-30(22)23)35(3)32(38)25-10-4-5-13-27(25)33/h4-13,16,20,26,28-29,34,37H,14-15,17-18H2,1-3H3/t20-,26-,28-,29-/m0/s1. The van der Waals surface area contributed by atoms with Crippen molar-refractivity contribution in [3.63, 3.8) is 0 Å². The number of nitrogens with one attached hydrogen (secondary N) is 1. The summed E-state index contributed by atoms with van der Waals surface area (Å²) in [6.45, 7) is 5.49. The first-order valence-corrected chi connectivity index (χ1v) is 13.5. The minimum Gasteiger partial charge on any atom is -0.393 e. The number of aryl methyl sites for hydroxylation is 1. The monoisotopic (exact) mass is 511 g/mol. The average Bonchev–Trinajstić information content (AvgIpc) is 3.31. The molecule has 0 bridgehead atoms. The molecule has 6 heteroatoms. The molecule has 2 N–H and O–H groups in total. The summed E-state index contributed by atoms with van der Waals surface area (Å²) in [7, 11) is 1.75. The van der Waals surface area contributed by atoms with Gasteiger partial charge in [0.15, 0.2) is 0 Å². The van der Waals surface area contributed by atoms with E-state index in [0.29, 0.717) is 13.0 Å². The van der Waals surface area contributed by atoms with Crippen molar-refractivity contribution in [1.29, 1.82) is 0 Å². The number of piperidine rings is 1. The summed E-state index contributed by atoms with van der Waals surface area (Å²) >= 11 is 0. The number of nitrogens with zero attached hydrogens (tertiary/aromatic N) is 2. The molecule has 3 heterocycles. The topological polar surface area (TPSA) is 59.6 Å². The Morgan fingerprint density at radius 3 is 2.68 bits per heavy atom. The van der Waals surface area contributed by atoms with Crippen LogP contribution in [0, 0.1) is 18.7 Å². The van der Waals surface area contributed by atoms with E-state index in [1.807, 2.05) is 0 Å². The number of halogens is 1. The van der Waals surface area contributed by atoms with E-state index in [1.54, 1.807) is 31.0 Å². The second kappa shape index (κ2) is 9.68. The van der Waals surface area contributed by atoms with Crippen LogP contribution in [0.5, 0.6) is 0 Å². The quantitative estimate of drug-likeness (QED) is 0.368. The zero-order chi connectivity index (χ0) is 26.6. The van der Waals surface area contributed by atoms with Crippen molar-refractivity contribution in [3.8, 4) is 11.1 Å². The number of benzene rings is 3. The zero-order valence-electron chi connectivity index (χ0n) is 22.1. The SMILES string of the molecule is Cc1cccc(-c2cccc3c4c([nH]c23)[C@@H]2C[C@H](N(C)C(=O)c3ccccc3F)[C@H]([C@H](C)O)CN2CC4)c1. The Balaban J connectivity index is 1.39. The molecule has 4 aromatic rings. The third kappa shape index (κ3) is 4.12. The molecule has 38 heavy (non-hydrogen) atoms. The first-order chi connectivity index (χ1) is 18.3. The highest BCUT2D eigenvalue weighted by atomic mass is 19.1. The van der Waals surface area contributed by atoms with Crippen molar-refractivity contribution >= 4 is 16.8 Å². The fraction of sp³-hybridized carbons (Fsp3) is 0.344. The number of rotatable bonds is 4. The van der Waals surface area contributed by atoms with Gasteiger partial charge in [0.25, 0.3) is 5.91 Å². The molecule has 1 saturated heterocycles. The number of carbonyl (C=O) groups is 1. The van der Waals surface area contributed by atoms with E-state index < -0.39 is 11.9 Å². The van der Waals surface area contributed by atoms with Gasteiger partial charge in [-0.2, -0.15) is 0 Å². The summed E-state index contributed by atoms with van der Waals surface area (Å²) in [5.41, 5.74) is 7.36. The van der Waals surface area contributed by atoms with Gasteiger partial charge in [-0.1, -0.05) is 60.2 Å². The maximum absolute atomic E-state index is 14.5. The van der Waals surface area contributed by atoms with Gasteiger partial charge in [0.05, 0.1) is 23.2 Å². The molecular formula is C32H34FN3O2. The third-order valence-corrected chi connectivity index (χ3v) is 8.67. The first kappa shape index (κ1) is 24.8. The van der Waals surface area contributed by atoms with Gasteiger partial charge in [-0.15, -0.1) is 0 Å². The van der Waals surface area contributed by atoms with Crippen molar-refractivity contribution in [2.45, 2.75) is 44.9 Å². The lowest BCUT2D eigenvalue weighted by molar-refractivity contribution is -0.0240. The Kier molecular flexibility index (Phi) is 6.33. The van der Waals surface area contributed by atoms with E-state index in [1.165, 1.54) is 45.5 Å². The summed E-state index contributed by atoms with van der Waals surface area (Å²) < 4.78 is 14.5. The number of aromatic amines is 1. The Labute approximate surface area is 222 Å². The molecule has 0 saturated carbocycles. The highest BCUT2D eigenvalue weighted by Crippen LogP contribution is 2.44. The van der Waals surface area contributed by atoms with Crippen LogP contribution in [0.2, 0.25) is 0 Å². The van der Waals surface area contributed by atoms with E-state index in [0.717, 1.165) is 18.5 Å². The molecule has 5 nitrogen and oxygen atoms in total. The largest absolute Gasteiger partial charge is 0.393 e. The predicted molar refractivity (Wildman–Crippen MR) is 149 cm³/mol. The van der Waals surface area contributed by atoms with E-state index in [4.69, 9.17) is 0 Å². The molecule has 0 spiro atoms. The molecule has 1 fully saturated rings. The summed E-state index contributed by atoms with van der Waals surface area (Å²) in [4.78, 5) is 21.3. The number of aromatic nitrogens is 1. The van der Waals surface area contributed by atoms with Crippen molar-refractivity contribution in [2.75, 3.05) is 20.1 Å². The van der Waals surface area contributed by atoms with Crippen LogP contribution in [0.1, 0.15) is 46.6 Å². The molecule has 2 aliphatic rings. The number of hydrogen-bond acceptors (Lipinski definition) is 3. The fourth-order valence-electron chi connectivity index (χ4n) is 6.67.